The molecule has 1 aromatic carbocycles. The maximum Gasteiger partial charge on any atom is 0.123 e. The van der Waals surface area contributed by atoms with Crippen LogP contribution in [0.1, 0.15) is 82.9 Å². The van der Waals surface area contributed by atoms with E-state index in [2.05, 4.69) is 75.2 Å². The van der Waals surface area contributed by atoms with Gasteiger partial charge in [-0.05, 0) is 73.8 Å². The highest BCUT2D eigenvalue weighted by atomic mass is 32.2. The summed E-state index contributed by atoms with van der Waals surface area (Å²) in [5.74, 6) is 2.74. The number of thioether (sulfide) groups is 2. The SMILES string of the molecule is C=C1/N=C(/C(CC)CCC)N(CCCS/C=C\C)NCc2c(CCCC)ccc(C)c2S1. The van der Waals surface area contributed by atoms with Crippen LogP contribution in [0.3, 0.4) is 0 Å². The monoisotopic (exact) mass is 473 g/mol. The van der Waals surface area contributed by atoms with Crippen LogP contribution in [-0.2, 0) is 13.0 Å². The predicted molar refractivity (Wildman–Crippen MR) is 146 cm³/mol. The Bertz CT molecular complexity index is 785. The van der Waals surface area contributed by atoms with Gasteiger partial charge in [-0.3, -0.25) is 5.01 Å². The van der Waals surface area contributed by atoms with Crippen LogP contribution in [-0.4, -0.2) is 23.1 Å². The number of hydrogen-bond donors (Lipinski definition) is 1. The van der Waals surface area contributed by atoms with Crippen LogP contribution < -0.4 is 5.43 Å². The molecular formula is C27H43N3S2. The largest absolute Gasteiger partial charge is 0.295 e. The molecule has 5 heteroatoms. The van der Waals surface area contributed by atoms with Crippen molar-refractivity contribution in [3.8, 4) is 0 Å². The van der Waals surface area contributed by atoms with Crippen molar-refractivity contribution in [2.75, 3.05) is 12.3 Å². The molecule has 0 radical (unpaired) electrons. The van der Waals surface area contributed by atoms with Gasteiger partial charge in [0.15, 0.2) is 0 Å². The third-order valence-electron chi connectivity index (χ3n) is 5.91. The number of amidine groups is 1. The fraction of sp³-hybridized carbons (Fsp3) is 0.593. The van der Waals surface area contributed by atoms with Gasteiger partial charge in [0.05, 0.1) is 5.03 Å². The van der Waals surface area contributed by atoms with Gasteiger partial charge in [-0.25, -0.2) is 10.4 Å². The molecule has 1 heterocycles. The highest BCUT2D eigenvalue weighted by molar-refractivity contribution is 8.03. The number of fused-ring (bicyclic) bond motifs is 1. The van der Waals surface area contributed by atoms with E-state index in [4.69, 9.17) is 4.99 Å². The number of rotatable bonds is 12. The van der Waals surface area contributed by atoms with E-state index in [0.717, 1.165) is 49.6 Å². The Morgan fingerprint density at radius 3 is 2.75 bits per heavy atom. The Morgan fingerprint density at radius 2 is 2.06 bits per heavy atom. The van der Waals surface area contributed by atoms with Crippen molar-refractivity contribution in [3.05, 3.63) is 51.9 Å². The Hall–Kier alpha value is -1.17. The minimum atomic E-state index is 0.454. The average molecular weight is 474 g/mol. The highest BCUT2D eigenvalue weighted by Gasteiger charge is 2.24. The van der Waals surface area contributed by atoms with Gasteiger partial charge in [0, 0.05) is 23.9 Å². The van der Waals surface area contributed by atoms with Gasteiger partial charge in [0.1, 0.15) is 5.84 Å². The van der Waals surface area contributed by atoms with Crippen LogP contribution in [0.5, 0.6) is 0 Å². The quantitative estimate of drug-likeness (QED) is 0.310. The number of benzene rings is 1. The van der Waals surface area contributed by atoms with Gasteiger partial charge in [-0.2, -0.15) is 0 Å². The highest BCUT2D eigenvalue weighted by Crippen LogP contribution is 2.36. The molecule has 1 N–H and O–H groups in total. The van der Waals surface area contributed by atoms with E-state index in [0.29, 0.717) is 5.92 Å². The molecule has 178 valence electrons. The van der Waals surface area contributed by atoms with Gasteiger partial charge < -0.3 is 0 Å². The van der Waals surface area contributed by atoms with E-state index >= 15 is 0 Å². The summed E-state index contributed by atoms with van der Waals surface area (Å²) in [5, 5.41) is 5.44. The van der Waals surface area contributed by atoms with E-state index in [1.54, 1.807) is 11.8 Å². The summed E-state index contributed by atoms with van der Waals surface area (Å²) in [7, 11) is 0. The van der Waals surface area contributed by atoms with Crippen molar-refractivity contribution < 1.29 is 0 Å². The first-order valence-corrected chi connectivity index (χ1v) is 14.2. The number of allylic oxidation sites excluding steroid dienone is 1. The molecule has 32 heavy (non-hydrogen) atoms. The molecule has 1 atom stereocenters. The van der Waals surface area contributed by atoms with Crippen LogP contribution in [0, 0.1) is 12.8 Å². The fourth-order valence-electron chi connectivity index (χ4n) is 4.15. The summed E-state index contributed by atoms with van der Waals surface area (Å²) in [5.41, 5.74) is 8.03. The molecule has 1 aliphatic rings. The van der Waals surface area contributed by atoms with Gasteiger partial charge in [0.2, 0.25) is 0 Å². The molecule has 0 saturated heterocycles. The summed E-state index contributed by atoms with van der Waals surface area (Å²) in [6, 6.07) is 4.60. The molecule has 1 aliphatic heterocycles. The smallest absolute Gasteiger partial charge is 0.123 e. The minimum Gasteiger partial charge on any atom is -0.295 e. The van der Waals surface area contributed by atoms with E-state index < -0.39 is 0 Å². The van der Waals surface area contributed by atoms with Crippen molar-refractivity contribution in [1.29, 1.82) is 0 Å². The molecule has 3 nitrogen and oxygen atoms in total. The van der Waals surface area contributed by atoms with Crippen LogP contribution in [0.15, 0.2) is 45.1 Å². The third-order valence-corrected chi connectivity index (χ3v) is 8.00. The van der Waals surface area contributed by atoms with Gasteiger partial charge >= 0.3 is 0 Å². The lowest BCUT2D eigenvalue weighted by Gasteiger charge is -2.31. The molecular weight excluding hydrogens is 430 g/mol. The molecule has 1 unspecified atom stereocenters. The number of unbranched alkanes of at least 4 members (excludes halogenated alkanes) is 1. The topological polar surface area (TPSA) is 27.6 Å². The van der Waals surface area contributed by atoms with Crippen LogP contribution in [0.2, 0.25) is 0 Å². The summed E-state index contributed by atoms with van der Waals surface area (Å²) < 4.78 is 0. The van der Waals surface area contributed by atoms with E-state index in [1.807, 2.05) is 11.8 Å². The van der Waals surface area contributed by atoms with E-state index in [-0.39, 0.29) is 0 Å². The van der Waals surface area contributed by atoms with Gasteiger partial charge in [-0.1, -0.05) is 70.2 Å². The lowest BCUT2D eigenvalue weighted by atomic mass is 9.98. The van der Waals surface area contributed by atoms with Crippen LogP contribution in [0.25, 0.3) is 0 Å². The molecule has 0 spiro atoms. The first-order valence-electron chi connectivity index (χ1n) is 12.4. The van der Waals surface area contributed by atoms with Crippen molar-refractivity contribution in [2.45, 2.75) is 91.0 Å². The Morgan fingerprint density at radius 1 is 1.25 bits per heavy atom. The maximum atomic E-state index is 5.14. The zero-order valence-electron chi connectivity index (χ0n) is 20.9. The number of hydrogen-bond acceptors (Lipinski definition) is 5. The molecule has 0 bridgehead atoms. The van der Waals surface area contributed by atoms with Crippen molar-refractivity contribution in [3.63, 3.8) is 0 Å². The summed E-state index contributed by atoms with van der Waals surface area (Å²) in [4.78, 5) is 6.48. The van der Waals surface area contributed by atoms with Gasteiger partial charge in [-0.15, -0.1) is 11.8 Å². The number of hydrazine groups is 1. The van der Waals surface area contributed by atoms with Crippen molar-refractivity contribution in [2.24, 2.45) is 10.9 Å². The Kier molecular flexibility index (Phi) is 12.6. The molecule has 0 saturated carbocycles. The summed E-state index contributed by atoms with van der Waals surface area (Å²) >= 11 is 3.65. The second-order valence-electron chi connectivity index (χ2n) is 8.49. The molecule has 0 fully saturated rings. The van der Waals surface area contributed by atoms with E-state index in [9.17, 15) is 0 Å². The minimum absolute atomic E-state index is 0.454. The van der Waals surface area contributed by atoms with E-state index in [1.165, 1.54) is 46.7 Å². The van der Waals surface area contributed by atoms with Crippen molar-refractivity contribution in [1.82, 2.24) is 10.4 Å². The molecule has 1 aromatic rings. The Balaban J connectivity index is 2.38. The molecule has 0 aromatic heterocycles. The zero-order valence-corrected chi connectivity index (χ0v) is 22.5. The fourth-order valence-corrected chi connectivity index (χ4v) is 5.70. The lowest BCUT2D eigenvalue weighted by Crippen LogP contribution is -2.46. The normalized spacial score (nSPS) is 17.5. The second-order valence-corrected chi connectivity index (χ2v) is 10.6. The lowest BCUT2D eigenvalue weighted by molar-refractivity contribution is 0.282. The van der Waals surface area contributed by atoms with Gasteiger partial charge in [0.25, 0.3) is 0 Å². The number of aliphatic imine (C=N–C) groups is 1. The first kappa shape index (κ1) is 27.1. The summed E-state index contributed by atoms with van der Waals surface area (Å²) in [6.07, 6.45) is 10.2. The predicted octanol–water partition coefficient (Wildman–Crippen LogP) is 8.10. The first-order chi connectivity index (χ1) is 15.5. The third kappa shape index (κ3) is 8.00. The number of nitrogens with one attached hydrogen (secondary N) is 1. The van der Waals surface area contributed by atoms with Crippen LogP contribution >= 0.6 is 23.5 Å². The van der Waals surface area contributed by atoms with Crippen molar-refractivity contribution >= 4 is 29.4 Å². The second kappa shape index (κ2) is 14.9. The molecule has 2 rings (SSSR count). The number of aryl methyl sites for hydroxylation is 2. The average Bonchev–Trinajstić information content (AvgIpc) is 2.85. The zero-order chi connectivity index (χ0) is 23.3. The maximum absolute atomic E-state index is 5.14. The Labute approximate surface area is 205 Å². The standard InChI is InChI=1S/C27H43N3S2/c1-7-11-14-24-16-15-21(5)26-25(24)20-28-30(17-12-19-31-18-9-3)27(29-22(6)32-26)23(10-4)13-8-2/h9,15-16,18,23,28H,6-8,10-14,17,19-20H2,1-5H3/b18-9-,29-27-. The summed E-state index contributed by atoms with van der Waals surface area (Å²) in [6.45, 7) is 17.3. The molecule has 0 amide bonds. The van der Waals surface area contributed by atoms with Crippen LogP contribution in [0.4, 0.5) is 0 Å². The number of nitrogens with zero attached hydrogens (tertiary/aromatic N) is 2. The molecule has 0 aliphatic carbocycles.